The largest absolute Gasteiger partial charge is 0.457 e. The molecule has 0 radical (unpaired) electrons. The molecule has 0 aliphatic carbocycles. The van der Waals surface area contributed by atoms with Crippen molar-refractivity contribution in [3.63, 3.8) is 0 Å². The van der Waals surface area contributed by atoms with Gasteiger partial charge in [-0.2, -0.15) is 5.26 Å². The Kier molecular flexibility index (Phi) is 9.13. The summed E-state index contributed by atoms with van der Waals surface area (Å²) in [6.45, 7) is 6.53. The van der Waals surface area contributed by atoms with Gasteiger partial charge >= 0.3 is 0 Å². The Morgan fingerprint density at radius 1 is 0.651 bits per heavy atom. The van der Waals surface area contributed by atoms with Gasteiger partial charge in [0.1, 0.15) is 29.8 Å². The van der Waals surface area contributed by atoms with Gasteiger partial charge in [0.05, 0.1) is 34.0 Å². The van der Waals surface area contributed by atoms with E-state index in [-0.39, 0.29) is 28.8 Å². The van der Waals surface area contributed by atoms with Crippen molar-refractivity contribution in [2.75, 3.05) is 16.5 Å². The number of ether oxygens (including phenoxy) is 1. The number of nitrogens with zero attached hydrogens (tertiary/aromatic N) is 5. The number of nitriles is 1. The van der Waals surface area contributed by atoms with Crippen LogP contribution in [0.25, 0.3) is 49.9 Å². The standard InChI is InChI=1S/C56H46FN5O/c1-35(2)48-29-40(45-16-6-8-19-50(45)57)30-49(36(3)4)56(48)61-34-60(52-21-10-11-22-53(52)61)41-27-39(44-18-14-15-38(33-58)37(44)5)28-43(31-41)63-42-24-25-47-46-17-7-9-20-51(46)62(54(47)32-42)55-23-12-13-26-59-55/h6-32,35-36H,34H2,1-5H3/i5D3. The number of rotatable bonds is 9. The zero-order valence-corrected chi connectivity index (χ0v) is 35.5. The number of aromatic nitrogens is 2. The van der Waals surface area contributed by atoms with Crippen LogP contribution >= 0.6 is 0 Å². The fourth-order valence-corrected chi connectivity index (χ4v) is 9.07. The second kappa shape index (κ2) is 16.0. The third-order valence-electron chi connectivity index (χ3n) is 12.1. The van der Waals surface area contributed by atoms with Crippen LogP contribution < -0.4 is 14.5 Å². The molecule has 0 bridgehead atoms. The molecule has 0 spiro atoms. The highest BCUT2D eigenvalue weighted by atomic mass is 19.1. The van der Waals surface area contributed by atoms with E-state index in [1.54, 1.807) is 30.5 Å². The molecule has 0 atom stereocenters. The highest BCUT2D eigenvalue weighted by molar-refractivity contribution is 6.09. The van der Waals surface area contributed by atoms with Gasteiger partial charge in [-0.05, 0) is 131 Å². The average Bonchev–Trinajstić information content (AvgIpc) is 3.87. The molecule has 7 aromatic carbocycles. The summed E-state index contributed by atoms with van der Waals surface area (Å²) >= 11 is 0. The Bertz CT molecular complexity index is 3340. The highest BCUT2D eigenvalue weighted by Crippen LogP contribution is 2.50. The quantitative estimate of drug-likeness (QED) is 0.145. The number of halogens is 1. The molecule has 0 saturated heterocycles. The maximum Gasteiger partial charge on any atom is 0.137 e. The maximum atomic E-state index is 15.4. The predicted octanol–water partition coefficient (Wildman–Crippen LogP) is 15.1. The van der Waals surface area contributed by atoms with Crippen molar-refractivity contribution in [3.8, 4) is 45.6 Å². The third kappa shape index (κ3) is 6.94. The normalized spacial score (nSPS) is 13.3. The van der Waals surface area contributed by atoms with Crippen LogP contribution in [0.15, 0.2) is 164 Å². The lowest BCUT2D eigenvalue weighted by atomic mass is 9.87. The summed E-state index contributed by atoms with van der Waals surface area (Å²) in [5.74, 6) is 1.79. The summed E-state index contributed by atoms with van der Waals surface area (Å²) in [6, 6.07) is 52.5. The molecule has 0 N–H and O–H groups in total. The lowest BCUT2D eigenvalue weighted by molar-refractivity contribution is 0.483. The summed E-state index contributed by atoms with van der Waals surface area (Å²) in [4.78, 5) is 9.26. The second-order valence-corrected chi connectivity index (χ2v) is 16.7. The van der Waals surface area contributed by atoms with Crippen LogP contribution in [0.2, 0.25) is 0 Å². The fraction of sp³-hybridized carbons (Fsp3) is 0.143. The number of benzene rings is 7. The van der Waals surface area contributed by atoms with Crippen LogP contribution in [-0.4, -0.2) is 16.2 Å². The van der Waals surface area contributed by atoms with Crippen molar-refractivity contribution in [1.82, 2.24) is 9.55 Å². The second-order valence-electron chi connectivity index (χ2n) is 16.7. The van der Waals surface area contributed by atoms with Gasteiger partial charge in [-0.25, -0.2) is 9.37 Å². The lowest BCUT2D eigenvalue weighted by Crippen LogP contribution is -2.26. The zero-order chi connectivity index (χ0) is 45.9. The minimum Gasteiger partial charge on any atom is -0.457 e. The van der Waals surface area contributed by atoms with E-state index in [1.165, 1.54) is 6.07 Å². The average molecular weight is 827 g/mol. The molecule has 308 valence electrons. The minimum atomic E-state index is -2.57. The molecule has 7 heteroatoms. The Labute approximate surface area is 371 Å². The summed E-state index contributed by atoms with van der Waals surface area (Å²) in [7, 11) is 0. The van der Waals surface area contributed by atoms with Crippen LogP contribution in [0.3, 0.4) is 0 Å². The molecule has 1 aliphatic rings. The molecule has 2 aromatic heterocycles. The first-order valence-corrected chi connectivity index (χ1v) is 21.3. The number of para-hydroxylation sites is 3. The number of hydrogen-bond acceptors (Lipinski definition) is 5. The van der Waals surface area contributed by atoms with E-state index in [0.29, 0.717) is 34.9 Å². The number of pyridine rings is 1. The monoisotopic (exact) mass is 826 g/mol. The first-order valence-electron chi connectivity index (χ1n) is 22.8. The maximum absolute atomic E-state index is 15.4. The van der Waals surface area contributed by atoms with Gasteiger partial charge < -0.3 is 14.5 Å². The first kappa shape index (κ1) is 36.0. The van der Waals surface area contributed by atoms with Crippen molar-refractivity contribution in [2.45, 2.75) is 46.4 Å². The summed E-state index contributed by atoms with van der Waals surface area (Å²) in [5, 5.41) is 12.3. The lowest BCUT2D eigenvalue weighted by Gasteiger charge is -2.30. The van der Waals surface area contributed by atoms with Gasteiger partial charge in [0.15, 0.2) is 0 Å². The van der Waals surface area contributed by atoms with Crippen molar-refractivity contribution >= 4 is 44.6 Å². The number of anilines is 4. The topological polar surface area (TPSA) is 57.3 Å². The molecule has 0 saturated carbocycles. The summed E-state index contributed by atoms with van der Waals surface area (Å²) in [5.41, 5.74) is 10.4. The van der Waals surface area contributed by atoms with Crippen LogP contribution in [0, 0.1) is 24.0 Å². The van der Waals surface area contributed by atoms with E-state index in [2.05, 4.69) is 90.6 Å². The van der Waals surface area contributed by atoms with Crippen LogP contribution in [0.4, 0.5) is 27.1 Å². The summed E-state index contributed by atoms with van der Waals surface area (Å²) in [6.07, 6.45) is 1.78. The molecule has 0 unspecified atom stereocenters. The molecule has 6 nitrogen and oxygen atoms in total. The van der Waals surface area contributed by atoms with Gasteiger partial charge in [-0.1, -0.05) is 94.4 Å². The molecule has 3 heterocycles. The molecular formula is C56H46FN5O. The van der Waals surface area contributed by atoms with Crippen molar-refractivity contribution in [1.29, 1.82) is 5.26 Å². The van der Waals surface area contributed by atoms with Gasteiger partial charge in [-0.3, -0.25) is 4.57 Å². The van der Waals surface area contributed by atoms with Crippen LogP contribution in [0.5, 0.6) is 11.5 Å². The first-order chi connectivity index (χ1) is 31.9. The van der Waals surface area contributed by atoms with E-state index in [9.17, 15) is 5.26 Å². The molecular weight excluding hydrogens is 778 g/mol. The molecule has 0 fully saturated rings. The van der Waals surface area contributed by atoms with Crippen LogP contribution in [-0.2, 0) is 0 Å². The SMILES string of the molecule is [2H]C([2H])([2H])c1c(C#N)cccc1-c1cc(Oc2ccc3c4ccccc4n(-c4ccccn4)c3c2)cc(N2CN(c3c(C(C)C)cc(-c4ccccc4F)cc3C(C)C)c3ccccc32)c1. The molecule has 63 heavy (non-hydrogen) atoms. The van der Waals surface area contributed by atoms with E-state index in [4.69, 9.17) is 13.8 Å². The van der Waals surface area contributed by atoms with Crippen LogP contribution in [0.1, 0.15) is 65.9 Å². The van der Waals surface area contributed by atoms with Gasteiger partial charge in [0, 0.05) is 50.2 Å². The summed E-state index contributed by atoms with van der Waals surface area (Å²) < 4.78 is 50.1. The van der Waals surface area contributed by atoms with E-state index in [0.717, 1.165) is 67.1 Å². The Balaban J connectivity index is 1.15. The predicted molar refractivity (Wildman–Crippen MR) is 256 cm³/mol. The van der Waals surface area contributed by atoms with Gasteiger partial charge in [0.2, 0.25) is 0 Å². The smallest absolute Gasteiger partial charge is 0.137 e. The fourth-order valence-electron chi connectivity index (χ4n) is 9.07. The minimum absolute atomic E-state index is 0.0153. The molecule has 1 aliphatic heterocycles. The molecule has 9 aromatic rings. The van der Waals surface area contributed by atoms with Crippen molar-refractivity contribution in [3.05, 3.63) is 192 Å². The zero-order valence-electron chi connectivity index (χ0n) is 38.5. The highest BCUT2D eigenvalue weighted by Gasteiger charge is 2.33. The Hall–Kier alpha value is -7.69. The molecule has 0 amide bonds. The van der Waals surface area contributed by atoms with E-state index >= 15 is 4.39 Å². The molecule has 10 rings (SSSR count). The Morgan fingerprint density at radius 3 is 2.06 bits per heavy atom. The van der Waals surface area contributed by atoms with Gasteiger partial charge in [0.25, 0.3) is 0 Å². The van der Waals surface area contributed by atoms with Gasteiger partial charge in [-0.15, -0.1) is 0 Å². The number of hydrogen-bond donors (Lipinski definition) is 0. The number of fused-ring (bicyclic) bond motifs is 4. The van der Waals surface area contributed by atoms with E-state index < -0.39 is 6.85 Å². The van der Waals surface area contributed by atoms with Crippen molar-refractivity contribution < 1.29 is 13.2 Å². The third-order valence-corrected chi connectivity index (χ3v) is 12.1. The van der Waals surface area contributed by atoms with Crippen molar-refractivity contribution in [2.24, 2.45) is 0 Å². The Morgan fingerprint density at radius 2 is 1.33 bits per heavy atom. The van der Waals surface area contributed by atoms with E-state index in [1.807, 2.05) is 84.9 Å².